The van der Waals surface area contributed by atoms with E-state index in [1.54, 1.807) is 10.9 Å². The van der Waals surface area contributed by atoms with Crippen molar-refractivity contribution in [1.82, 2.24) is 14.5 Å². The topological polar surface area (TPSA) is 51.3 Å². The van der Waals surface area contributed by atoms with E-state index in [-0.39, 0.29) is 5.56 Å². The molecule has 1 aliphatic rings. The first-order valence-corrected chi connectivity index (χ1v) is 11.8. The van der Waals surface area contributed by atoms with Crippen LogP contribution in [0.3, 0.4) is 0 Å². The highest BCUT2D eigenvalue weighted by Crippen LogP contribution is 2.31. The number of fused-ring (bicyclic) bond motifs is 2. The quantitative estimate of drug-likeness (QED) is 0.356. The largest absolute Gasteiger partial charge is 0.460 e. The number of thiophene rings is 1. The van der Waals surface area contributed by atoms with Crippen molar-refractivity contribution in [3.8, 4) is 16.1 Å². The van der Waals surface area contributed by atoms with Crippen LogP contribution in [0.15, 0.2) is 70.1 Å². The van der Waals surface area contributed by atoms with E-state index in [4.69, 9.17) is 4.42 Å². The number of furan rings is 1. The van der Waals surface area contributed by atoms with Gasteiger partial charge in [0.15, 0.2) is 0 Å². The zero-order valence-corrected chi connectivity index (χ0v) is 18.7. The van der Waals surface area contributed by atoms with Crippen LogP contribution in [0.2, 0.25) is 0 Å². The summed E-state index contributed by atoms with van der Waals surface area (Å²) in [6, 6.07) is 18.3. The average molecular weight is 442 g/mol. The number of hydrogen-bond acceptors (Lipinski definition) is 5. The third-order valence-electron chi connectivity index (χ3n) is 6.18. The molecule has 0 spiro atoms. The van der Waals surface area contributed by atoms with Crippen LogP contribution in [-0.4, -0.2) is 27.5 Å². The Kier molecular flexibility index (Phi) is 4.70. The fourth-order valence-corrected chi connectivity index (χ4v) is 5.48. The molecule has 0 N–H and O–H groups in total. The summed E-state index contributed by atoms with van der Waals surface area (Å²) in [6.07, 6.45) is 4.15. The molecule has 4 heterocycles. The van der Waals surface area contributed by atoms with Gasteiger partial charge in [-0.15, -0.1) is 11.3 Å². The second-order valence-electron chi connectivity index (χ2n) is 8.53. The van der Waals surface area contributed by atoms with Gasteiger partial charge in [-0.25, -0.2) is 4.98 Å². The van der Waals surface area contributed by atoms with E-state index >= 15 is 0 Å². The molecule has 6 heteroatoms. The van der Waals surface area contributed by atoms with Crippen LogP contribution >= 0.6 is 11.3 Å². The molecule has 0 saturated carbocycles. The number of benzene rings is 2. The number of aromatic nitrogens is 2. The zero-order valence-electron chi connectivity index (χ0n) is 17.9. The summed E-state index contributed by atoms with van der Waals surface area (Å²) in [5.74, 6) is 0.973. The van der Waals surface area contributed by atoms with E-state index < -0.39 is 0 Å². The van der Waals surface area contributed by atoms with Crippen LogP contribution in [0, 0.1) is 6.92 Å². The third-order valence-corrected chi connectivity index (χ3v) is 7.34. The Bertz CT molecular complexity index is 1490. The zero-order chi connectivity index (χ0) is 21.7. The van der Waals surface area contributed by atoms with Crippen molar-refractivity contribution in [2.75, 3.05) is 13.1 Å². The fourth-order valence-electron chi connectivity index (χ4n) is 4.43. The van der Waals surface area contributed by atoms with Crippen molar-refractivity contribution in [3.05, 3.63) is 82.6 Å². The second-order valence-corrected chi connectivity index (χ2v) is 9.58. The van der Waals surface area contributed by atoms with E-state index in [0.717, 1.165) is 58.0 Å². The molecule has 1 saturated heterocycles. The van der Waals surface area contributed by atoms with Crippen molar-refractivity contribution in [2.24, 2.45) is 0 Å². The van der Waals surface area contributed by atoms with Crippen LogP contribution in [0.25, 0.3) is 37.3 Å². The lowest BCUT2D eigenvalue weighted by molar-refractivity contribution is 0.302. The van der Waals surface area contributed by atoms with Crippen LogP contribution in [0.5, 0.6) is 0 Å². The van der Waals surface area contributed by atoms with Crippen molar-refractivity contribution >= 4 is 32.5 Å². The molecular formula is C26H23N3O2S. The van der Waals surface area contributed by atoms with Gasteiger partial charge in [0.05, 0.1) is 17.7 Å². The highest BCUT2D eigenvalue weighted by Gasteiger charge is 2.16. The van der Waals surface area contributed by atoms with Gasteiger partial charge in [0.25, 0.3) is 5.56 Å². The minimum atomic E-state index is -0.0431. The Morgan fingerprint density at radius 3 is 2.66 bits per heavy atom. The number of hydrogen-bond donors (Lipinski definition) is 0. The molecule has 0 amide bonds. The SMILES string of the molecule is Cc1ccc(-c2cc3ncn(-c4ccc5oc(CN6CCCC6)cc5c4)c(=O)c3s2)cc1. The van der Waals surface area contributed by atoms with Gasteiger partial charge in [0.1, 0.15) is 22.4 Å². The van der Waals surface area contributed by atoms with E-state index in [1.165, 1.54) is 29.7 Å². The van der Waals surface area contributed by atoms with Gasteiger partial charge in [-0.2, -0.15) is 0 Å². The Morgan fingerprint density at radius 1 is 1.03 bits per heavy atom. The van der Waals surface area contributed by atoms with Crippen LogP contribution in [0.1, 0.15) is 24.2 Å². The van der Waals surface area contributed by atoms with Crippen molar-refractivity contribution in [3.63, 3.8) is 0 Å². The van der Waals surface area contributed by atoms with Gasteiger partial charge in [-0.05, 0) is 68.8 Å². The maximum atomic E-state index is 13.3. The minimum Gasteiger partial charge on any atom is -0.460 e. The average Bonchev–Trinajstić information content (AvgIpc) is 3.54. The lowest BCUT2D eigenvalue weighted by atomic mass is 10.1. The number of likely N-dealkylation sites (tertiary alicyclic amines) is 1. The summed E-state index contributed by atoms with van der Waals surface area (Å²) in [7, 11) is 0. The summed E-state index contributed by atoms with van der Waals surface area (Å²) >= 11 is 1.50. The highest BCUT2D eigenvalue weighted by molar-refractivity contribution is 7.22. The summed E-state index contributed by atoms with van der Waals surface area (Å²) < 4.78 is 8.34. The molecule has 1 fully saturated rings. The molecule has 160 valence electrons. The van der Waals surface area contributed by atoms with Crippen LogP contribution in [0.4, 0.5) is 0 Å². The summed E-state index contributed by atoms with van der Waals surface area (Å²) in [6.45, 7) is 5.18. The predicted octanol–water partition coefficient (Wildman–Crippen LogP) is 5.76. The molecule has 0 atom stereocenters. The molecule has 0 unspecified atom stereocenters. The van der Waals surface area contributed by atoms with E-state index in [1.807, 2.05) is 24.3 Å². The lowest BCUT2D eigenvalue weighted by Crippen LogP contribution is -2.17. The molecule has 1 aliphatic heterocycles. The van der Waals surface area contributed by atoms with Crippen molar-refractivity contribution in [1.29, 1.82) is 0 Å². The molecule has 5 nitrogen and oxygen atoms in total. The smallest absolute Gasteiger partial charge is 0.275 e. The Morgan fingerprint density at radius 2 is 1.84 bits per heavy atom. The molecule has 2 aromatic carbocycles. The first-order valence-electron chi connectivity index (χ1n) is 11.0. The van der Waals surface area contributed by atoms with Gasteiger partial charge in [-0.3, -0.25) is 14.3 Å². The van der Waals surface area contributed by atoms with E-state index in [2.05, 4.69) is 47.1 Å². The maximum absolute atomic E-state index is 13.3. The third kappa shape index (κ3) is 3.45. The Labute approximate surface area is 189 Å². The fraction of sp³-hybridized carbons (Fsp3) is 0.231. The maximum Gasteiger partial charge on any atom is 0.275 e. The first-order chi connectivity index (χ1) is 15.6. The Balaban J connectivity index is 1.37. The molecule has 0 aliphatic carbocycles. The molecule has 0 radical (unpaired) electrons. The van der Waals surface area contributed by atoms with Crippen molar-refractivity contribution in [2.45, 2.75) is 26.3 Å². The predicted molar refractivity (Wildman–Crippen MR) is 130 cm³/mol. The van der Waals surface area contributed by atoms with Gasteiger partial charge < -0.3 is 4.42 Å². The summed E-state index contributed by atoms with van der Waals surface area (Å²) in [4.78, 5) is 21.4. The molecule has 32 heavy (non-hydrogen) atoms. The Hall–Kier alpha value is -3.22. The highest BCUT2D eigenvalue weighted by atomic mass is 32.1. The van der Waals surface area contributed by atoms with E-state index in [9.17, 15) is 4.79 Å². The number of nitrogens with zero attached hydrogens (tertiary/aromatic N) is 3. The normalized spacial score (nSPS) is 14.7. The lowest BCUT2D eigenvalue weighted by Gasteiger charge is -2.11. The second kappa shape index (κ2) is 7.73. The van der Waals surface area contributed by atoms with Gasteiger partial charge in [0, 0.05) is 10.3 Å². The van der Waals surface area contributed by atoms with Crippen LogP contribution in [-0.2, 0) is 6.54 Å². The molecule has 5 aromatic rings. The van der Waals surface area contributed by atoms with Crippen LogP contribution < -0.4 is 5.56 Å². The van der Waals surface area contributed by atoms with Crippen molar-refractivity contribution < 1.29 is 4.42 Å². The number of aryl methyl sites for hydroxylation is 1. The van der Waals surface area contributed by atoms with Gasteiger partial charge >= 0.3 is 0 Å². The molecular weight excluding hydrogens is 418 g/mol. The summed E-state index contributed by atoms with van der Waals surface area (Å²) in [5, 5.41) is 1.01. The van der Waals surface area contributed by atoms with E-state index in [0.29, 0.717) is 4.70 Å². The summed E-state index contributed by atoms with van der Waals surface area (Å²) in [5.41, 5.74) is 4.67. The van der Waals surface area contributed by atoms with Gasteiger partial charge in [0.2, 0.25) is 0 Å². The number of rotatable bonds is 4. The molecule has 0 bridgehead atoms. The monoisotopic (exact) mass is 441 g/mol. The van der Waals surface area contributed by atoms with Gasteiger partial charge in [-0.1, -0.05) is 29.8 Å². The molecule has 3 aromatic heterocycles. The standard InChI is InChI=1S/C26H23N3O2S/c1-17-4-6-18(7-5-17)24-14-22-25(32-24)26(30)29(16-27-22)20-8-9-23-19(12-20)13-21(31-23)15-28-10-2-3-11-28/h4-9,12-14,16H,2-3,10-11,15H2,1H3. The first kappa shape index (κ1) is 19.5. The minimum absolute atomic E-state index is 0.0431. The molecule has 6 rings (SSSR count).